The molecule has 3 aromatic rings. The topological polar surface area (TPSA) is 67.8 Å². The maximum atomic E-state index is 12.6. The van der Waals surface area contributed by atoms with Crippen molar-refractivity contribution in [2.75, 3.05) is 13.2 Å². The Balaban J connectivity index is 1.31. The molecule has 146 valence electrons. The van der Waals surface area contributed by atoms with E-state index in [-0.39, 0.29) is 24.3 Å². The van der Waals surface area contributed by atoms with Crippen LogP contribution in [0.2, 0.25) is 0 Å². The molecule has 0 saturated heterocycles. The van der Waals surface area contributed by atoms with E-state index in [9.17, 15) is 9.90 Å². The van der Waals surface area contributed by atoms with Crippen LogP contribution in [0.1, 0.15) is 35.1 Å². The first-order valence-electron chi connectivity index (χ1n) is 9.78. The van der Waals surface area contributed by atoms with Crippen molar-refractivity contribution in [1.82, 2.24) is 5.32 Å². The molecule has 1 atom stereocenters. The molecule has 0 saturated carbocycles. The predicted molar refractivity (Wildman–Crippen MR) is 109 cm³/mol. The summed E-state index contributed by atoms with van der Waals surface area (Å²) in [4.78, 5) is 12.6. The minimum atomic E-state index is -0.465. The molecule has 29 heavy (non-hydrogen) atoms. The molecule has 0 unspecified atom stereocenters. The minimum Gasteiger partial charge on any atom is -0.508 e. The van der Waals surface area contributed by atoms with E-state index >= 15 is 0 Å². The molecule has 0 radical (unpaired) electrons. The fraction of sp³-hybridized carbons (Fsp3) is 0.208. The average molecular weight is 387 g/mol. The van der Waals surface area contributed by atoms with Crippen LogP contribution in [0.15, 0.2) is 66.7 Å². The third kappa shape index (κ3) is 3.18. The first-order valence-corrected chi connectivity index (χ1v) is 9.78. The molecule has 1 aliphatic carbocycles. The third-order valence-corrected chi connectivity index (χ3v) is 5.67. The molecule has 1 aliphatic heterocycles. The van der Waals surface area contributed by atoms with Gasteiger partial charge in [-0.2, -0.15) is 0 Å². The van der Waals surface area contributed by atoms with Gasteiger partial charge < -0.3 is 19.9 Å². The van der Waals surface area contributed by atoms with Crippen LogP contribution in [-0.2, 0) is 4.74 Å². The van der Waals surface area contributed by atoms with Gasteiger partial charge in [-0.1, -0.05) is 48.5 Å². The second-order valence-corrected chi connectivity index (χ2v) is 7.38. The molecule has 5 nitrogen and oxygen atoms in total. The number of nitrogens with one attached hydrogen (secondary N) is 1. The molecule has 0 fully saturated rings. The van der Waals surface area contributed by atoms with E-state index in [2.05, 4.69) is 29.6 Å². The highest BCUT2D eigenvalue weighted by Gasteiger charge is 2.30. The Kier molecular flexibility index (Phi) is 4.35. The van der Waals surface area contributed by atoms with Crippen molar-refractivity contribution < 1.29 is 19.4 Å². The van der Waals surface area contributed by atoms with Gasteiger partial charge in [0.25, 0.3) is 0 Å². The van der Waals surface area contributed by atoms with E-state index in [0.717, 1.165) is 5.56 Å². The normalized spacial score (nSPS) is 16.9. The van der Waals surface area contributed by atoms with Gasteiger partial charge in [-0.25, -0.2) is 4.79 Å². The van der Waals surface area contributed by atoms with Crippen molar-refractivity contribution in [3.8, 4) is 22.6 Å². The first-order chi connectivity index (χ1) is 14.2. The maximum absolute atomic E-state index is 12.6. The van der Waals surface area contributed by atoms with Gasteiger partial charge in [0.1, 0.15) is 18.1 Å². The molecule has 0 bridgehead atoms. The Labute approximate surface area is 168 Å². The fourth-order valence-corrected chi connectivity index (χ4v) is 4.31. The lowest BCUT2D eigenvalue weighted by Gasteiger charge is -2.26. The quantitative estimate of drug-likeness (QED) is 0.680. The monoisotopic (exact) mass is 387 g/mol. The van der Waals surface area contributed by atoms with E-state index in [1.165, 1.54) is 22.3 Å². The number of phenolic OH excluding ortho intramolecular Hbond substituents is 1. The van der Waals surface area contributed by atoms with Crippen molar-refractivity contribution >= 4 is 6.09 Å². The Hall–Kier alpha value is -3.47. The summed E-state index contributed by atoms with van der Waals surface area (Å²) >= 11 is 0. The highest BCUT2D eigenvalue weighted by molar-refractivity contribution is 5.79. The van der Waals surface area contributed by atoms with Gasteiger partial charge in [0.2, 0.25) is 0 Å². The highest BCUT2D eigenvalue weighted by atomic mass is 16.5. The lowest BCUT2D eigenvalue weighted by molar-refractivity contribution is 0.135. The number of hydrogen-bond donors (Lipinski definition) is 2. The molecule has 0 aromatic heterocycles. The number of aromatic hydroxyl groups is 1. The zero-order valence-electron chi connectivity index (χ0n) is 15.8. The van der Waals surface area contributed by atoms with Gasteiger partial charge in [0.15, 0.2) is 0 Å². The molecule has 0 spiro atoms. The number of amides is 1. The Morgan fingerprint density at radius 3 is 2.41 bits per heavy atom. The standard InChI is InChI=1S/C24H21NO4/c26-15-9-10-23-20(13-15)22(11-12-28-23)25-24(27)29-14-21-18-7-3-1-5-16(18)17-6-2-4-8-19(17)21/h1-10,13,21-22,26H,11-12,14H2,(H,25,27)/t22-/m0/s1. The molecular formula is C24H21NO4. The zero-order chi connectivity index (χ0) is 19.8. The summed E-state index contributed by atoms with van der Waals surface area (Å²) in [7, 11) is 0. The second kappa shape index (κ2) is 7.17. The van der Waals surface area contributed by atoms with Crippen molar-refractivity contribution in [2.24, 2.45) is 0 Å². The van der Waals surface area contributed by atoms with Crippen molar-refractivity contribution in [2.45, 2.75) is 18.4 Å². The smallest absolute Gasteiger partial charge is 0.407 e. The average Bonchev–Trinajstić information content (AvgIpc) is 3.07. The fourth-order valence-electron chi connectivity index (χ4n) is 4.31. The SMILES string of the molecule is O=C(N[C@H]1CCOc2ccc(O)cc21)OCC1c2ccccc2-c2ccccc21. The Morgan fingerprint density at radius 2 is 1.69 bits per heavy atom. The summed E-state index contributed by atoms with van der Waals surface area (Å²) in [5.41, 5.74) is 5.53. The second-order valence-electron chi connectivity index (χ2n) is 7.38. The molecule has 1 amide bonds. The molecule has 2 N–H and O–H groups in total. The molecule has 5 rings (SSSR count). The Morgan fingerprint density at radius 1 is 1.00 bits per heavy atom. The van der Waals surface area contributed by atoms with Gasteiger partial charge >= 0.3 is 6.09 Å². The van der Waals surface area contributed by atoms with Crippen LogP contribution in [0.5, 0.6) is 11.5 Å². The van der Waals surface area contributed by atoms with Crippen LogP contribution in [0.25, 0.3) is 11.1 Å². The van der Waals surface area contributed by atoms with Crippen molar-refractivity contribution in [1.29, 1.82) is 0 Å². The number of phenols is 1. The number of carbonyl (C=O) groups excluding carboxylic acids is 1. The highest BCUT2D eigenvalue weighted by Crippen LogP contribution is 2.44. The van der Waals surface area contributed by atoms with Gasteiger partial charge in [-0.15, -0.1) is 0 Å². The first kappa shape index (κ1) is 17.6. The minimum absolute atomic E-state index is 0.0270. The maximum Gasteiger partial charge on any atom is 0.407 e. The van der Waals surface area contributed by atoms with Crippen molar-refractivity contribution in [3.05, 3.63) is 83.4 Å². The summed E-state index contributed by atoms with van der Waals surface area (Å²) < 4.78 is 11.2. The van der Waals surface area contributed by atoms with Crippen LogP contribution < -0.4 is 10.1 Å². The van der Waals surface area contributed by atoms with Crippen LogP contribution in [0.4, 0.5) is 4.79 Å². The summed E-state index contributed by atoms with van der Waals surface area (Å²) in [6, 6.07) is 21.2. The number of ether oxygens (including phenoxy) is 2. The molecule has 5 heteroatoms. The van der Waals surface area contributed by atoms with Crippen molar-refractivity contribution in [3.63, 3.8) is 0 Å². The summed E-state index contributed by atoms with van der Waals surface area (Å²) in [6.45, 7) is 0.780. The van der Waals surface area contributed by atoms with Gasteiger partial charge in [-0.3, -0.25) is 0 Å². The van der Waals surface area contributed by atoms with Crippen LogP contribution >= 0.6 is 0 Å². The molecular weight excluding hydrogens is 366 g/mol. The van der Waals surface area contributed by atoms with Gasteiger partial charge in [0, 0.05) is 17.9 Å². The number of fused-ring (bicyclic) bond motifs is 4. The summed E-state index contributed by atoms with van der Waals surface area (Å²) in [5.74, 6) is 0.853. The lowest BCUT2D eigenvalue weighted by Crippen LogP contribution is -2.33. The van der Waals surface area contributed by atoms with E-state index in [4.69, 9.17) is 9.47 Å². The van der Waals surface area contributed by atoms with E-state index in [1.54, 1.807) is 18.2 Å². The van der Waals surface area contributed by atoms with E-state index in [1.807, 2.05) is 24.3 Å². The third-order valence-electron chi connectivity index (χ3n) is 5.67. The predicted octanol–water partition coefficient (Wildman–Crippen LogP) is 4.75. The number of hydrogen-bond acceptors (Lipinski definition) is 4. The van der Waals surface area contributed by atoms with Crippen LogP contribution in [0, 0.1) is 0 Å². The van der Waals surface area contributed by atoms with Crippen LogP contribution in [-0.4, -0.2) is 24.4 Å². The number of alkyl carbamates (subject to hydrolysis) is 1. The van der Waals surface area contributed by atoms with Gasteiger partial charge in [-0.05, 0) is 40.5 Å². The number of carbonyl (C=O) groups is 1. The van der Waals surface area contributed by atoms with E-state index < -0.39 is 6.09 Å². The molecule has 3 aromatic carbocycles. The van der Waals surface area contributed by atoms with Crippen LogP contribution in [0.3, 0.4) is 0 Å². The molecule has 2 aliphatic rings. The summed E-state index contributed by atoms with van der Waals surface area (Å²) in [5, 5.41) is 12.7. The Bertz CT molecular complexity index is 1030. The van der Waals surface area contributed by atoms with E-state index in [0.29, 0.717) is 18.8 Å². The van der Waals surface area contributed by atoms with Gasteiger partial charge in [0.05, 0.1) is 12.6 Å². The zero-order valence-corrected chi connectivity index (χ0v) is 15.8. The lowest BCUT2D eigenvalue weighted by atomic mass is 9.98. The largest absolute Gasteiger partial charge is 0.508 e. The number of rotatable bonds is 3. The number of benzene rings is 3. The molecule has 1 heterocycles. The summed E-state index contributed by atoms with van der Waals surface area (Å²) in [6.07, 6.45) is 0.161.